The van der Waals surface area contributed by atoms with Gasteiger partial charge < -0.3 is 0 Å². The molecular formula is C18H13N3. The SMILES string of the molecule is c1ccc(-c2nc3ncccc3n2-c2ccccc2)cc1. The van der Waals surface area contributed by atoms with Crippen LogP contribution in [0.25, 0.3) is 28.2 Å². The number of benzene rings is 2. The van der Waals surface area contributed by atoms with Gasteiger partial charge in [-0.05, 0) is 24.3 Å². The van der Waals surface area contributed by atoms with Crippen LogP contribution in [-0.4, -0.2) is 14.5 Å². The van der Waals surface area contributed by atoms with Gasteiger partial charge in [0.05, 0.1) is 5.52 Å². The summed E-state index contributed by atoms with van der Waals surface area (Å²) in [7, 11) is 0. The maximum Gasteiger partial charge on any atom is 0.178 e. The summed E-state index contributed by atoms with van der Waals surface area (Å²) >= 11 is 0. The van der Waals surface area contributed by atoms with Gasteiger partial charge in [0.25, 0.3) is 0 Å². The molecule has 0 amide bonds. The van der Waals surface area contributed by atoms with Crippen molar-refractivity contribution in [2.45, 2.75) is 0 Å². The van der Waals surface area contributed by atoms with E-state index in [2.05, 4.69) is 39.9 Å². The molecule has 3 heteroatoms. The van der Waals surface area contributed by atoms with Crippen molar-refractivity contribution in [3.8, 4) is 17.1 Å². The van der Waals surface area contributed by atoms with Gasteiger partial charge in [-0.25, -0.2) is 9.97 Å². The smallest absolute Gasteiger partial charge is 0.178 e. The van der Waals surface area contributed by atoms with E-state index in [0.717, 1.165) is 28.2 Å². The second-order valence-electron chi connectivity index (χ2n) is 4.82. The van der Waals surface area contributed by atoms with Gasteiger partial charge in [0, 0.05) is 17.4 Å². The zero-order valence-electron chi connectivity index (χ0n) is 11.3. The van der Waals surface area contributed by atoms with Gasteiger partial charge in [0.15, 0.2) is 5.65 Å². The molecule has 2 aromatic heterocycles. The van der Waals surface area contributed by atoms with Crippen LogP contribution in [0.2, 0.25) is 0 Å². The van der Waals surface area contributed by atoms with Gasteiger partial charge in [-0.15, -0.1) is 0 Å². The molecule has 100 valence electrons. The Morgan fingerprint density at radius 1 is 0.714 bits per heavy atom. The number of nitrogens with zero attached hydrogens (tertiary/aromatic N) is 3. The first-order chi connectivity index (χ1) is 10.4. The van der Waals surface area contributed by atoms with Gasteiger partial charge in [0.2, 0.25) is 0 Å². The molecule has 0 aliphatic heterocycles. The maximum atomic E-state index is 4.71. The van der Waals surface area contributed by atoms with Crippen LogP contribution in [0.3, 0.4) is 0 Å². The van der Waals surface area contributed by atoms with E-state index in [0.29, 0.717) is 0 Å². The van der Waals surface area contributed by atoms with Crippen LogP contribution in [0.15, 0.2) is 79.0 Å². The molecule has 0 radical (unpaired) electrons. The summed E-state index contributed by atoms with van der Waals surface area (Å²) < 4.78 is 2.15. The van der Waals surface area contributed by atoms with Gasteiger partial charge in [-0.3, -0.25) is 4.57 Å². The fraction of sp³-hybridized carbons (Fsp3) is 0. The van der Waals surface area contributed by atoms with Crippen LogP contribution >= 0.6 is 0 Å². The third-order valence-electron chi connectivity index (χ3n) is 3.48. The number of hydrogen-bond acceptors (Lipinski definition) is 2. The normalized spacial score (nSPS) is 10.9. The lowest BCUT2D eigenvalue weighted by Gasteiger charge is -2.08. The Kier molecular flexibility index (Phi) is 2.75. The zero-order valence-corrected chi connectivity index (χ0v) is 11.3. The zero-order chi connectivity index (χ0) is 14.1. The van der Waals surface area contributed by atoms with Crippen LogP contribution in [-0.2, 0) is 0 Å². The van der Waals surface area contributed by atoms with Crippen LogP contribution in [0, 0.1) is 0 Å². The minimum absolute atomic E-state index is 0.764. The quantitative estimate of drug-likeness (QED) is 0.550. The van der Waals surface area contributed by atoms with Crippen LogP contribution in [0.5, 0.6) is 0 Å². The van der Waals surface area contributed by atoms with Gasteiger partial charge in [-0.2, -0.15) is 0 Å². The van der Waals surface area contributed by atoms with E-state index in [1.165, 1.54) is 0 Å². The Morgan fingerprint density at radius 2 is 1.43 bits per heavy atom. The molecule has 0 spiro atoms. The maximum absolute atomic E-state index is 4.71. The molecule has 0 aliphatic rings. The molecule has 0 atom stereocenters. The lowest BCUT2D eigenvalue weighted by Crippen LogP contribution is -1.96. The first-order valence-electron chi connectivity index (χ1n) is 6.88. The lowest BCUT2D eigenvalue weighted by molar-refractivity contribution is 1.10. The summed E-state index contributed by atoms with van der Waals surface area (Å²) in [5.74, 6) is 0.912. The van der Waals surface area contributed by atoms with Gasteiger partial charge >= 0.3 is 0 Å². The molecule has 21 heavy (non-hydrogen) atoms. The molecule has 4 rings (SSSR count). The molecule has 0 aliphatic carbocycles. The molecule has 0 N–H and O–H groups in total. The van der Waals surface area contributed by atoms with Crippen molar-refractivity contribution in [1.29, 1.82) is 0 Å². The first-order valence-corrected chi connectivity index (χ1v) is 6.88. The minimum Gasteiger partial charge on any atom is -0.291 e. The van der Waals surface area contributed by atoms with E-state index >= 15 is 0 Å². The molecule has 0 fully saturated rings. The highest BCUT2D eigenvalue weighted by Crippen LogP contribution is 2.27. The van der Waals surface area contributed by atoms with E-state index in [1.54, 1.807) is 6.20 Å². The fourth-order valence-corrected chi connectivity index (χ4v) is 2.53. The Hall–Kier alpha value is -2.94. The number of pyridine rings is 1. The number of aromatic nitrogens is 3. The molecular weight excluding hydrogens is 258 g/mol. The molecule has 4 aromatic rings. The Labute approximate surface area is 122 Å². The number of imidazole rings is 1. The van der Waals surface area contributed by atoms with Crippen molar-refractivity contribution >= 4 is 11.2 Å². The van der Waals surface area contributed by atoms with Crippen molar-refractivity contribution in [2.24, 2.45) is 0 Å². The van der Waals surface area contributed by atoms with Crippen molar-refractivity contribution in [1.82, 2.24) is 14.5 Å². The summed E-state index contributed by atoms with van der Waals surface area (Å²) in [6.07, 6.45) is 1.78. The summed E-state index contributed by atoms with van der Waals surface area (Å²) in [4.78, 5) is 9.09. The molecule has 0 saturated carbocycles. The van der Waals surface area contributed by atoms with E-state index < -0.39 is 0 Å². The topological polar surface area (TPSA) is 30.7 Å². The average molecular weight is 271 g/mol. The fourth-order valence-electron chi connectivity index (χ4n) is 2.53. The minimum atomic E-state index is 0.764. The molecule has 3 nitrogen and oxygen atoms in total. The first kappa shape index (κ1) is 11.9. The molecule has 2 heterocycles. The van der Waals surface area contributed by atoms with Gasteiger partial charge in [-0.1, -0.05) is 48.5 Å². The molecule has 0 saturated heterocycles. The summed E-state index contributed by atoms with van der Waals surface area (Å²) in [5.41, 5.74) is 3.95. The van der Waals surface area contributed by atoms with E-state index in [9.17, 15) is 0 Å². The lowest BCUT2D eigenvalue weighted by atomic mass is 10.2. The number of rotatable bonds is 2. The highest BCUT2D eigenvalue weighted by Gasteiger charge is 2.13. The largest absolute Gasteiger partial charge is 0.291 e. The summed E-state index contributed by atoms with van der Waals surface area (Å²) in [6.45, 7) is 0. The van der Waals surface area contributed by atoms with Crippen LogP contribution in [0.1, 0.15) is 0 Å². The second kappa shape index (κ2) is 4.87. The Bertz CT molecular complexity index is 880. The van der Waals surface area contributed by atoms with Crippen molar-refractivity contribution in [2.75, 3.05) is 0 Å². The standard InChI is InChI=1S/C18H13N3/c1-3-8-14(9-4-1)18-20-17-16(12-7-13-19-17)21(18)15-10-5-2-6-11-15/h1-13H. The van der Waals surface area contributed by atoms with E-state index in [-0.39, 0.29) is 0 Å². The predicted molar refractivity (Wildman–Crippen MR) is 84.3 cm³/mol. The highest BCUT2D eigenvalue weighted by molar-refractivity contribution is 5.80. The van der Waals surface area contributed by atoms with Crippen LogP contribution in [0.4, 0.5) is 0 Å². The van der Waals surface area contributed by atoms with E-state index in [1.807, 2.05) is 42.5 Å². The van der Waals surface area contributed by atoms with E-state index in [4.69, 9.17) is 4.98 Å². The Balaban J connectivity index is 2.07. The Morgan fingerprint density at radius 3 is 2.19 bits per heavy atom. The number of para-hydroxylation sites is 1. The van der Waals surface area contributed by atoms with Crippen molar-refractivity contribution < 1.29 is 0 Å². The van der Waals surface area contributed by atoms with Crippen LogP contribution < -0.4 is 0 Å². The predicted octanol–water partition coefficient (Wildman–Crippen LogP) is 4.09. The second-order valence-corrected chi connectivity index (χ2v) is 4.82. The molecule has 0 bridgehead atoms. The summed E-state index contributed by atoms with van der Waals surface area (Å²) in [6, 6.07) is 24.4. The third kappa shape index (κ3) is 1.99. The van der Waals surface area contributed by atoms with Crippen molar-refractivity contribution in [3.63, 3.8) is 0 Å². The number of hydrogen-bond donors (Lipinski definition) is 0. The van der Waals surface area contributed by atoms with Crippen molar-refractivity contribution in [3.05, 3.63) is 79.0 Å². The summed E-state index contributed by atoms with van der Waals surface area (Å²) in [5, 5.41) is 0. The highest BCUT2D eigenvalue weighted by atomic mass is 15.1. The molecule has 0 unspecified atom stereocenters. The number of fused-ring (bicyclic) bond motifs is 1. The third-order valence-corrected chi connectivity index (χ3v) is 3.48. The monoisotopic (exact) mass is 271 g/mol. The average Bonchev–Trinajstić information content (AvgIpc) is 2.96. The van der Waals surface area contributed by atoms with Gasteiger partial charge in [0.1, 0.15) is 5.82 Å². The molecule has 2 aromatic carbocycles.